The molecule has 0 atom stereocenters. The van der Waals surface area contributed by atoms with Gasteiger partial charge in [0.1, 0.15) is 0 Å². The smallest absolute Gasteiger partial charge is 0.0548 e. The van der Waals surface area contributed by atoms with Crippen LogP contribution in [-0.4, -0.2) is 4.57 Å². The molecular weight excluding hydrogens is 532 g/mol. The molecule has 9 rings (SSSR count). The number of anilines is 3. The molecule has 0 N–H and O–H groups in total. The van der Waals surface area contributed by atoms with Gasteiger partial charge < -0.3 is 9.47 Å². The fraction of sp³-hybridized carbons (Fsp3) is 0. The maximum absolute atomic E-state index is 2.43. The predicted octanol–water partition coefficient (Wildman–Crippen LogP) is 11.7. The summed E-state index contributed by atoms with van der Waals surface area (Å²) in [5.74, 6) is 0. The highest BCUT2D eigenvalue weighted by atomic mass is 15.1. The number of hydrogen-bond donors (Lipinski definition) is 0. The molecule has 0 amide bonds. The summed E-state index contributed by atoms with van der Waals surface area (Å²) in [6.45, 7) is 0. The van der Waals surface area contributed by atoms with Crippen molar-refractivity contribution in [3.05, 3.63) is 170 Å². The van der Waals surface area contributed by atoms with E-state index in [0.717, 1.165) is 17.1 Å². The van der Waals surface area contributed by atoms with Crippen LogP contribution in [0.3, 0.4) is 0 Å². The molecular formula is C42H28N2. The minimum Gasteiger partial charge on any atom is -0.310 e. The van der Waals surface area contributed by atoms with Gasteiger partial charge in [-0.15, -0.1) is 0 Å². The summed E-state index contributed by atoms with van der Waals surface area (Å²) in [6, 6.07) is 61.6. The largest absolute Gasteiger partial charge is 0.310 e. The monoisotopic (exact) mass is 560 g/mol. The van der Waals surface area contributed by atoms with Crippen LogP contribution in [0.2, 0.25) is 0 Å². The Labute approximate surface area is 255 Å². The second-order valence-corrected chi connectivity index (χ2v) is 11.5. The average molecular weight is 561 g/mol. The molecule has 9 aromatic rings. The van der Waals surface area contributed by atoms with Gasteiger partial charge in [-0.2, -0.15) is 0 Å². The molecule has 0 fully saturated rings. The Balaban J connectivity index is 1.35. The number of fused-ring (bicyclic) bond motifs is 6. The summed E-state index contributed by atoms with van der Waals surface area (Å²) in [6.07, 6.45) is 0. The van der Waals surface area contributed by atoms with E-state index < -0.39 is 0 Å². The summed E-state index contributed by atoms with van der Waals surface area (Å²) >= 11 is 0. The summed E-state index contributed by atoms with van der Waals surface area (Å²) in [4.78, 5) is 2.39. The van der Waals surface area contributed by atoms with E-state index in [0.29, 0.717) is 0 Å². The van der Waals surface area contributed by atoms with Gasteiger partial charge in [-0.1, -0.05) is 109 Å². The van der Waals surface area contributed by atoms with E-state index in [-0.39, 0.29) is 0 Å². The van der Waals surface area contributed by atoms with E-state index in [1.807, 2.05) is 0 Å². The zero-order chi connectivity index (χ0) is 29.0. The van der Waals surface area contributed by atoms with Crippen molar-refractivity contribution in [3.63, 3.8) is 0 Å². The van der Waals surface area contributed by atoms with Gasteiger partial charge in [-0.25, -0.2) is 0 Å². The highest BCUT2D eigenvalue weighted by molar-refractivity contribution is 6.16. The zero-order valence-corrected chi connectivity index (χ0v) is 24.1. The second kappa shape index (κ2) is 9.86. The van der Waals surface area contributed by atoms with Gasteiger partial charge in [0, 0.05) is 33.2 Å². The summed E-state index contributed by atoms with van der Waals surface area (Å²) in [5, 5.41) is 9.91. The lowest BCUT2D eigenvalue weighted by atomic mass is 10.0. The van der Waals surface area contributed by atoms with Gasteiger partial charge in [0.05, 0.1) is 16.7 Å². The maximum atomic E-state index is 2.43. The van der Waals surface area contributed by atoms with E-state index in [9.17, 15) is 0 Å². The van der Waals surface area contributed by atoms with Crippen molar-refractivity contribution in [2.45, 2.75) is 0 Å². The van der Waals surface area contributed by atoms with Crippen LogP contribution < -0.4 is 4.90 Å². The standard InChI is InChI=1S/C42H28N2/c1-2-16-34(17-3-1)43(35-23-21-29-11-4-6-13-31(29)25-35)41-20-10-15-33-27-39-37-18-8-9-19-40(37)44(42(39)28-38(33)41)36-24-22-30-12-5-7-14-32(30)26-36/h1-28H. The Morgan fingerprint density at radius 3 is 1.82 bits per heavy atom. The van der Waals surface area contributed by atoms with Crippen molar-refractivity contribution in [2.75, 3.05) is 4.90 Å². The van der Waals surface area contributed by atoms with Crippen LogP contribution in [0.1, 0.15) is 0 Å². The Morgan fingerprint density at radius 1 is 0.341 bits per heavy atom. The molecule has 0 aliphatic heterocycles. The van der Waals surface area contributed by atoms with E-state index in [1.54, 1.807) is 0 Å². The highest BCUT2D eigenvalue weighted by Gasteiger charge is 2.19. The Morgan fingerprint density at radius 2 is 1.00 bits per heavy atom. The third kappa shape index (κ3) is 3.89. The molecule has 0 aliphatic carbocycles. The van der Waals surface area contributed by atoms with Crippen molar-refractivity contribution in [2.24, 2.45) is 0 Å². The van der Waals surface area contributed by atoms with Crippen LogP contribution in [0.5, 0.6) is 0 Å². The molecule has 0 aliphatic rings. The molecule has 206 valence electrons. The lowest BCUT2D eigenvalue weighted by Gasteiger charge is -2.27. The van der Waals surface area contributed by atoms with Crippen LogP contribution in [-0.2, 0) is 0 Å². The third-order valence-corrected chi connectivity index (χ3v) is 8.89. The van der Waals surface area contributed by atoms with Gasteiger partial charge in [-0.05, 0) is 87.6 Å². The zero-order valence-electron chi connectivity index (χ0n) is 24.1. The number of nitrogens with zero attached hydrogens (tertiary/aromatic N) is 2. The normalized spacial score (nSPS) is 11.6. The average Bonchev–Trinajstić information content (AvgIpc) is 3.41. The van der Waals surface area contributed by atoms with E-state index >= 15 is 0 Å². The molecule has 0 bridgehead atoms. The predicted molar refractivity (Wildman–Crippen MR) is 188 cm³/mol. The summed E-state index contributed by atoms with van der Waals surface area (Å²) in [5.41, 5.74) is 7.00. The molecule has 0 spiro atoms. The van der Waals surface area contributed by atoms with Gasteiger partial charge >= 0.3 is 0 Å². The first-order chi connectivity index (χ1) is 21.8. The number of benzene rings is 8. The Hall–Kier alpha value is -5.86. The van der Waals surface area contributed by atoms with Gasteiger partial charge in [0.2, 0.25) is 0 Å². The first kappa shape index (κ1) is 24.7. The topological polar surface area (TPSA) is 8.17 Å². The quantitative estimate of drug-likeness (QED) is 0.208. The minimum absolute atomic E-state index is 1.13. The van der Waals surface area contributed by atoms with Crippen molar-refractivity contribution >= 4 is 71.2 Å². The number of aromatic nitrogens is 1. The highest BCUT2D eigenvalue weighted by Crippen LogP contribution is 2.42. The van der Waals surface area contributed by atoms with Crippen LogP contribution in [0.15, 0.2) is 170 Å². The molecule has 1 aromatic heterocycles. The third-order valence-electron chi connectivity index (χ3n) is 8.89. The molecule has 0 unspecified atom stereocenters. The number of para-hydroxylation sites is 2. The van der Waals surface area contributed by atoms with Crippen molar-refractivity contribution in [1.29, 1.82) is 0 Å². The molecule has 2 heteroatoms. The van der Waals surface area contributed by atoms with Crippen LogP contribution >= 0.6 is 0 Å². The van der Waals surface area contributed by atoms with Gasteiger partial charge in [-0.3, -0.25) is 0 Å². The molecule has 1 heterocycles. The molecule has 0 saturated carbocycles. The van der Waals surface area contributed by atoms with Crippen LogP contribution in [0.25, 0.3) is 59.8 Å². The summed E-state index contributed by atoms with van der Waals surface area (Å²) in [7, 11) is 0. The molecule has 8 aromatic carbocycles. The van der Waals surface area contributed by atoms with Gasteiger partial charge in [0.15, 0.2) is 0 Å². The van der Waals surface area contributed by atoms with Crippen molar-refractivity contribution in [1.82, 2.24) is 4.57 Å². The molecule has 0 radical (unpaired) electrons. The minimum atomic E-state index is 1.13. The van der Waals surface area contributed by atoms with Crippen LogP contribution in [0, 0.1) is 0 Å². The second-order valence-electron chi connectivity index (χ2n) is 11.5. The van der Waals surface area contributed by atoms with Gasteiger partial charge in [0.25, 0.3) is 0 Å². The van der Waals surface area contributed by atoms with E-state index in [2.05, 4.69) is 179 Å². The Kier molecular flexibility index (Phi) is 5.54. The number of hydrogen-bond acceptors (Lipinski definition) is 1. The molecule has 0 saturated heterocycles. The maximum Gasteiger partial charge on any atom is 0.0548 e. The number of rotatable bonds is 4. The molecule has 2 nitrogen and oxygen atoms in total. The van der Waals surface area contributed by atoms with E-state index in [1.165, 1.54) is 59.8 Å². The van der Waals surface area contributed by atoms with E-state index in [4.69, 9.17) is 0 Å². The lowest BCUT2D eigenvalue weighted by molar-refractivity contribution is 1.19. The fourth-order valence-electron chi connectivity index (χ4n) is 6.83. The Bertz CT molecular complexity index is 2510. The van der Waals surface area contributed by atoms with Crippen molar-refractivity contribution in [3.8, 4) is 5.69 Å². The first-order valence-corrected chi connectivity index (χ1v) is 15.1. The lowest BCUT2D eigenvalue weighted by Crippen LogP contribution is -2.10. The fourth-order valence-corrected chi connectivity index (χ4v) is 6.83. The van der Waals surface area contributed by atoms with Crippen LogP contribution in [0.4, 0.5) is 17.1 Å². The SMILES string of the molecule is c1ccc(N(c2ccc3ccccc3c2)c2cccc3cc4c5ccccc5n(-c5ccc6ccccc6c5)c4cc23)cc1. The first-order valence-electron chi connectivity index (χ1n) is 15.1. The van der Waals surface area contributed by atoms with Crippen molar-refractivity contribution < 1.29 is 0 Å². The molecule has 44 heavy (non-hydrogen) atoms. The summed E-state index contributed by atoms with van der Waals surface area (Å²) < 4.78 is 2.43.